The molecule has 14 nitrogen and oxygen atoms in total. The molecule has 7 N–H and O–H groups in total. The van der Waals surface area contributed by atoms with Gasteiger partial charge in [0.05, 0.1) is 18.0 Å². The number of nitrogens with one attached hydrogen (secondary N) is 3. The van der Waals surface area contributed by atoms with Gasteiger partial charge in [-0.1, -0.05) is 39.0 Å². The van der Waals surface area contributed by atoms with E-state index < -0.39 is 50.0 Å². The van der Waals surface area contributed by atoms with Gasteiger partial charge < -0.3 is 34.9 Å². The number of hydrogen-bond donors (Lipinski definition) is 6. The monoisotopic (exact) mass is 608 g/mol. The van der Waals surface area contributed by atoms with E-state index in [0.29, 0.717) is 6.34 Å². The number of aliphatic hydroxyl groups excluding tert-OH is 2. The number of nitrogens with two attached hydrogens (primary N) is 1. The van der Waals surface area contributed by atoms with Crippen LogP contribution in [0.2, 0.25) is 0 Å². The van der Waals surface area contributed by atoms with Crippen LogP contribution >= 0.6 is 7.75 Å². The van der Waals surface area contributed by atoms with E-state index >= 15 is 4.39 Å². The Kier molecular flexibility index (Phi) is 9.94. The molecule has 1 aromatic heterocycles. The van der Waals surface area contributed by atoms with Crippen molar-refractivity contribution >= 4 is 25.9 Å². The second-order valence-electron chi connectivity index (χ2n) is 10.7. The molecule has 0 radical (unpaired) electrons. The van der Waals surface area contributed by atoms with Gasteiger partial charge >= 0.3 is 13.7 Å². The average molecular weight is 609 g/mol. The molecule has 1 saturated heterocycles. The molecular formula is C26H34FN6O8P. The maximum absolute atomic E-state index is 16.1. The summed E-state index contributed by atoms with van der Waals surface area (Å²) in [4.78, 5) is 18.8. The molecule has 1 fully saturated rings. The molecule has 3 rings (SSSR count). The molecule has 1 aromatic carbocycles. The molecule has 6 atom stereocenters. The zero-order chi connectivity index (χ0) is 31.3. The highest BCUT2D eigenvalue weighted by Gasteiger charge is 2.66. The van der Waals surface area contributed by atoms with E-state index in [1.54, 1.807) is 24.3 Å². The van der Waals surface area contributed by atoms with Crippen molar-refractivity contribution in [3.05, 3.63) is 53.9 Å². The number of aliphatic imine (C=N–C) groups is 1. The number of aromatic nitrogens is 1. The molecule has 2 heterocycles. The number of para-hydroxylation sites is 1. The number of amidine groups is 1. The number of halogens is 1. The molecule has 1 unspecified atom stereocenters. The Balaban J connectivity index is 1.86. The Morgan fingerprint density at radius 3 is 2.60 bits per heavy atom. The minimum atomic E-state index is -4.60. The summed E-state index contributed by atoms with van der Waals surface area (Å²) < 4.78 is 51.3. The highest BCUT2D eigenvalue weighted by molar-refractivity contribution is 7.52. The Morgan fingerprint density at radius 2 is 2.00 bits per heavy atom. The van der Waals surface area contributed by atoms with Crippen molar-refractivity contribution in [2.24, 2.45) is 16.1 Å². The lowest BCUT2D eigenvalue weighted by Gasteiger charge is -2.28. The van der Waals surface area contributed by atoms with Crippen LogP contribution in [0.5, 0.6) is 5.75 Å². The SMILES string of the molecule is C[C@H](NP(=O)(OC[C@@]1(F)O[C@@](C#N)(c2ccc(C(N)=NC=N)[nH]2)[C@H](O)[C@@H]1O)Oc1ccccc1)C(=O)OCC(C)(C)C. The van der Waals surface area contributed by atoms with Crippen molar-refractivity contribution < 1.29 is 42.5 Å². The van der Waals surface area contributed by atoms with Crippen LogP contribution in [0.25, 0.3) is 0 Å². The van der Waals surface area contributed by atoms with E-state index in [9.17, 15) is 24.8 Å². The fourth-order valence-electron chi connectivity index (χ4n) is 3.81. The van der Waals surface area contributed by atoms with Gasteiger partial charge in [0.25, 0.3) is 5.85 Å². The summed E-state index contributed by atoms with van der Waals surface area (Å²) >= 11 is 0. The molecule has 0 saturated carbocycles. The second kappa shape index (κ2) is 12.7. The first-order valence-electron chi connectivity index (χ1n) is 12.7. The van der Waals surface area contributed by atoms with Gasteiger partial charge in [0.15, 0.2) is 0 Å². The van der Waals surface area contributed by atoms with Crippen molar-refractivity contribution in [2.45, 2.75) is 57.4 Å². The van der Waals surface area contributed by atoms with Crippen LogP contribution in [0, 0.1) is 22.2 Å². The molecule has 42 heavy (non-hydrogen) atoms. The van der Waals surface area contributed by atoms with Crippen molar-refractivity contribution in [3.8, 4) is 11.8 Å². The number of aliphatic hydroxyl groups is 2. The summed E-state index contributed by atoms with van der Waals surface area (Å²) in [6.07, 6.45) is -3.84. The van der Waals surface area contributed by atoms with E-state index in [1.807, 2.05) is 20.8 Å². The van der Waals surface area contributed by atoms with Gasteiger partial charge in [-0.2, -0.15) is 10.3 Å². The number of carbonyl (C=O) groups is 1. The molecule has 2 aromatic rings. The number of benzene rings is 1. The number of nitrogens with zero attached hydrogens (tertiary/aromatic N) is 2. The molecule has 0 aliphatic carbocycles. The predicted octanol–water partition coefficient (Wildman–Crippen LogP) is 2.23. The van der Waals surface area contributed by atoms with E-state index in [-0.39, 0.29) is 35.0 Å². The summed E-state index contributed by atoms with van der Waals surface area (Å²) in [6.45, 7) is 5.63. The molecule has 1 aliphatic heterocycles. The summed E-state index contributed by atoms with van der Waals surface area (Å²) in [7, 11) is -4.60. The van der Waals surface area contributed by atoms with E-state index in [0.717, 1.165) is 0 Å². The van der Waals surface area contributed by atoms with Gasteiger partial charge in [-0.15, -0.1) is 0 Å². The van der Waals surface area contributed by atoms with E-state index in [2.05, 4.69) is 15.1 Å². The summed E-state index contributed by atoms with van der Waals surface area (Å²) in [6, 6.07) is 10.7. The first-order chi connectivity index (χ1) is 19.6. The molecular weight excluding hydrogens is 574 g/mol. The number of ether oxygens (including phenoxy) is 2. The van der Waals surface area contributed by atoms with Crippen LogP contribution in [-0.4, -0.2) is 70.7 Å². The smallest absolute Gasteiger partial charge is 0.459 e. The number of esters is 1. The molecule has 16 heteroatoms. The summed E-state index contributed by atoms with van der Waals surface area (Å²) in [5.41, 5.74) is 2.83. The number of aromatic amines is 1. The van der Waals surface area contributed by atoms with Gasteiger partial charge in [-0.05, 0) is 36.6 Å². The highest BCUT2D eigenvalue weighted by Crippen LogP contribution is 2.50. The Labute approximate surface area is 241 Å². The third kappa shape index (κ3) is 7.40. The zero-order valence-corrected chi connectivity index (χ0v) is 24.3. The normalized spacial score (nSPS) is 26.6. The van der Waals surface area contributed by atoms with Gasteiger partial charge in [0.1, 0.15) is 48.8 Å². The number of carbonyl (C=O) groups excluding carboxylic acids is 1. The lowest BCUT2D eigenvalue weighted by atomic mass is 9.92. The minimum Gasteiger partial charge on any atom is -0.464 e. The van der Waals surface area contributed by atoms with Crippen molar-refractivity contribution in [1.29, 1.82) is 10.7 Å². The van der Waals surface area contributed by atoms with Crippen LogP contribution in [-0.2, 0) is 29.0 Å². The van der Waals surface area contributed by atoms with Crippen molar-refractivity contribution in [2.75, 3.05) is 13.2 Å². The topological polar surface area (TPSA) is 225 Å². The summed E-state index contributed by atoms with van der Waals surface area (Å²) in [5, 5.41) is 40.8. The van der Waals surface area contributed by atoms with Crippen LogP contribution in [0.3, 0.4) is 0 Å². The number of alkyl halides is 1. The molecule has 0 amide bonds. The molecule has 1 aliphatic rings. The first-order valence-corrected chi connectivity index (χ1v) is 14.2. The second-order valence-corrected chi connectivity index (χ2v) is 12.4. The van der Waals surface area contributed by atoms with Crippen LogP contribution < -0.4 is 15.3 Å². The standard InChI is InChI=1S/C26H34FN6O8P/c1-16(23(36)38-13-24(2,3)4)33-42(37,40-17-8-6-5-7-9-17)39-14-26(27)21(35)20(34)25(12-28,41-26)19-11-10-18(32-19)22(30)31-15-29/h5-11,15-16,20-21,32,34-35H,13-14H2,1-4H3,(H,33,37)(H3,29,30,31)/t16-,20+,21-,25-,26+,42?/m0/s1. The minimum absolute atomic E-state index is 0.0406. The Hall–Kier alpha value is -3.64. The number of hydrogen-bond acceptors (Lipinski definition) is 10. The first kappa shape index (κ1) is 32.9. The van der Waals surface area contributed by atoms with E-state index in [1.165, 1.54) is 31.2 Å². The maximum atomic E-state index is 16.1. The zero-order valence-electron chi connectivity index (χ0n) is 23.4. The number of rotatable bonds is 12. The largest absolute Gasteiger partial charge is 0.464 e. The lowest BCUT2D eigenvalue weighted by Crippen LogP contribution is -2.44. The Bertz CT molecular complexity index is 1390. The van der Waals surface area contributed by atoms with Gasteiger partial charge in [0, 0.05) is 0 Å². The van der Waals surface area contributed by atoms with Gasteiger partial charge in [-0.3, -0.25) is 14.7 Å². The van der Waals surface area contributed by atoms with Gasteiger partial charge in [-0.25, -0.2) is 13.9 Å². The van der Waals surface area contributed by atoms with Crippen LogP contribution in [0.4, 0.5) is 4.39 Å². The Morgan fingerprint density at radius 1 is 1.33 bits per heavy atom. The molecule has 0 bridgehead atoms. The summed E-state index contributed by atoms with van der Waals surface area (Å²) in [5.74, 6) is -4.18. The average Bonchev–Trinajstić information content (AvgIpc) is 3.50. The number of nitriles is 1. The third-order valence-electron chi connectivity index (χ3n) is 5.97. The predicted molar refractivity (Wildman–Crippen MR) is 148 cm³/mol. The highest BCUT2D eigenvalue weighted by atomic mass is 31.2. The van der Waals surface area contributed by atoms with Crippen molar-refractivity contribution in [3.63, 3.8) is 0 Å². The maximum Gasteiger partial charge on any atom is 0.459 e. The van der Waals surface area contributed by atoms with E-state index in [4.69, 9.17) is 29.7 Å². The molecule has 228 valence electrons. The molecule has 0 spiro atoms. The van der Waals surface area contributed by atoms with Crippen LogP contribution in [0.15, 0.2) is 47.5 Å². The van der Waals surface area contributed by atoms with Gasteiger partial charge in [0.2, 0.25) is 5.60 Å². The third-order valence-corrected chi connectivity index (χ3v) is 7.60. The van der Waals surface area contributed by atoms with Crippen molar-refractivity contribution in [1.82, 2.24) is 10.1 Å². The fraction of sp³-hybridized carbons (Fsp3) is 0.462. The van der Waals surface area contributed by atoms with Crippen LogP contribution in [0.1, 0.15) is 39.1 Å². The fourth-order valence-corrected chi connectivity index (χ4v) is 5.32. The lowest BCUT2D eigenvalue weighted by molar-refractivity contribution is -0.208. The quantitative estimate of drug-likeness (QED) is 0.0886. The number of H-pyrrole nitrogens is 1.